The van der Waals surface area contributed by atoms with Gasteiger partial charge in [0.15, 0.2) is 11.6 Å². The van der Waals surface area contributed by atoms with E-state index in [0.29, 0.717) is 48.3 Å². The van der Waals surface area contributed by atoms with Gasteiger partial charge in [0, 0.05) is 35.9 Å². The van der Waals surface area contributed by atoms with Crippen molar-refractivity contribution in [1.29, 1.82) is 0 Å². The normalized spacial score (nSPS) is 14.2. The lowest BCUT2D eigenvalue weighted by molar-refractivity contribution is -0.137. The van der Waals surface area contributed by atoms with Crippen molar-refractivity contribution >= 4 is 40.7 Å². The number of aromatic nitrogens is 4. The third kappa shape index (κ3) is 6.20. The standard InChI is InChI=1S/C24H20F4N8OS/c25-20-14-31-23(34-21(20)36-4-6-37-7-5-36)35-32-13-17-1-2-18(12-30-17)33-19-10-15(22-29-3-8-38-22)9-16(11-19)24(26,27)28/h1-3,8-14,33H,4-7H2,(H,31,34,35)/b32-13+. The van der Waals surface area contributed by atoms with Gasteiger partial charge in [0.1, 0.15) is 5.01 Å². The van der Waals surface area contributed by atoms with Crippen LogP contribution in [0, 0.1) is 5.82 Å². The van der Waals surface area contributed by atoms with Crippen molar-refractivity contribution in [2.75, 3.05) is 41.9 Å². The largest absolute Gasteiger partial charge is 0.416 e. The van der Waals surface area contributed by atoms with E-state index in [2.05, 4.69) is 35.8 Å². The molecule has 1 aromatic carbocycles. The van der Waals surface area contributed by atoms with E-state index in [9.17, 15) is 17.6 Å². The number of rotatable bonds is 7. The number of hydrogen-bond donors (Lipinski definition) is 2. The number of nitrogens with zero attached hydrogens (tertiary/aromatic N) is 6. The average Bonchev–Trinajstić information content (AvgIpc) is 3.46. The molecule has 5 rings (SSSR count). The van der Waals surface area contributed by atoms with Crippen molar-refractivity contribution in [1.82, 2.24) is 19.9 Å². The minimum absolute atomic E-state index is 0.114. The van der Waals surface area contributed by atoms with Crippen LogP contribution in [0.1, 0.15) is 11.3 Å². The Balaban J connectivity index is 1.26. The first-order valence-electron chi connectivity index (χ1n) is 11.3. The zero-order valence-electron chi connectivity index (χ0n) is 19.6. The highest BCUT2D eigenvalue weighted by atomic mass is 32.1. The minimum Gasteiger partial charge on any atom is -0.378 e. The van der Waals surface area contributed by atoms with Crippen LogP contribution in [0.4, 0.5) is 40.7 Å². The second-order valence-corrected chi connectivity index (χ2v) is 8.96. The summed E-state index contributed by atoms with van der Waals surface area (Å²) < 4.78 is 59.8. The Kier molecular flexibility index (Phi) is 7.42. The molecule has 0 saturated carbocycles. The number of halogens is 4. The van der Waals surface area contributed by atoms with Gasteiger partial charge in [-0.05, 0) is 30.3 Å². The van der Waals surface area contributed by atoms with Crippen molar-refractivity contribution in [3.8, 4) is 10.6 Å². The third-order valence-electron chi connectivity index (χ3n) is 5.41. The number of hydrogen-bond acceptors (Lipinski definition) is 10. The molecule has 38 heavy (non-hydrogen) atoms. The average molecular weight is 545 g/mol. The van der Waals surface area contributed by atoms with Crippen molar-refractivity contribution in [3.63, 3.8) is 0 Å². The summed E-state index contributed by atoms with van der Waals surface area (Å²) in [5.74, 6) is -0.254. The number of thiazole rings is 1. The van der Waals surface area contributed by atoms with E-state index in [0.717, 1.165) is 18.3 Å². The molecule has 0 atom stereocenters. The molecule has 14 heteroatoms. The van der Waals surface area contributed by atoms with Gasteiger partial charge in [0.25, 0.3) is 0 Å². The van der Waals surface area contributed by atoms with Gasteiger partial charge in [-0.3, -0.25) is 4.98 Å². The Hall–Kier alpha value is -4.17. The molecule has 0 bridgehead atoms. The number of alkyl halides is 3. The molecule has 0 amide bonds. The zero-order chi connectivity index (χ0) is 26.5. The van der Waals surface area contributed by atoms with Gasteiger partial charge in [-0.15, -0.1) is 11.3 Å². The lowest BCUT2D eigenvalue weighted by atomic mass is 10.1. The molecule has 0 spiro atoms. The second-order valence-electron chi connectivity index (χ2n) is 8.07. The molecule has 1 aliphatic heterocycles. The molecular weight excluding hydrogens is 524 g/mol. The Morgan fingerprint density at radius 2 is 1.87 bits per heavy atom. The summed E-state index contributed by atoms with van der Waals surface area (Å²) in [6.07, 6.45) is 0.984. The molecule has 1 fully saturated rings. The van der Waals surface area contributed by atoms with Gasteiger partial charge in [0.2, 0.25) is 5.95 Å². The highest BCUT2D eigenvalue weighted by Crippen LogP contribution is 2.36. The summed E-state index contributed by atoms with van der Waals surface area (Å²) in [5.41, 5.74) is 3.42. The Morgan fingerprint density at radius 3 is 2.58 bits per heavy atom. The number of nitrogens with one attached hydrogen (secondary N) is 2. The van der Waals surface area contributed by atoms with Gasteiger partial charge in [0.05, 0.1) is 48.8 Å². The second kappa shape index (κ2) is 11.1. The molecule has 4 heterocycles. The van der Waals surface area contributed by atoms with Gasteiger partial charge in [-0.25, -0.2) is 19.8 Å². The minimum atomic E-state index is -4.51. The fourth-order valence-corrected chi connectivity index (χ4v) is 4.27. The van der Waals surface area contributed by atoms with Gasteiger partial charge in [-0.2, -0.15) is 23.3 Å². The third-order valence-corrected chi connectivity index (χ3v) is 6.23. The Labute approximate surface area is 218 Å². The fourth-order valence-electron chi connectivity index (χ4n) is 3.64. The molecule has 3 aromatic heterocycles. The van der Waals surface area contributed by atoms with Crippen LogP contribution in [-0.2, 0) is 10.9 Å². The van der Waals surface area contributed by atoms with E-state index in [1.165, 1.54) is 29.9 Å². The van der Waals surface area contributed by atoms with Crippen LogP contribution >= 0.6 is 11.3 Å². The van der Waals surface area contributed by atoms with Crippen molar-refractivity contribution in [2.45, 2.75) is 6.18 Å². The summed E-state index contributed by atoms with van der Waals surface area (Å²) >= 11 is 1.25. The molecule has 0 unspecified atom stereocenters. The van der Waals surface area contributed by atoms with Crippen LogP contribution in [0.3, 0.4) is 0 Å². The van der Waals surface area contributed by atoms with Crippen molar-refractivity contribution in [3.05, 3.63) is 71.4 Å². The summed E-state index contributed by atoms with van der Waals surface area (Å²) in [7, 11) is 0. The fraction of sp³-hybridized carbons (Fsp3) is 0.208. The smallest absolute Gasteiger partial charge is 0.378 e. The van der Waals surface area contributed by atoms with E-state index in [-0.39, 0.29) is 17.5 Å². The van der Waals surface area contributed by atoms with Crippen LogP contribution in [-0.4, -0.2) is 52.5 Å². The predicted molar refractivity (Wildman–Crippen MR) is 136 cm³/mol. The van der Waals surface area contributed by atoms with Crippen LogP contribution in [0.5, 0.6) is 0 Å². The summed E-state index contributed by atoms with van der Waals surface area (Å²) in [4.78, 5) is 18.2. The number of ether oxygens (including phenoxy) is 1. The first kappa shape index (κ1) is 25.5. The molecule has 4 aromatic rings. The maximum Gasteiger partial charge on any atom is 0.416 e. The molecule has 1 saturated heterocycles. The molecule has 9 nitrogen and oxygen atoms in total. The van der Waals surface area contributed by atoms with Crippen LogP contribution < -0.4 is 15.6 Å². The Bertz CT molecular complexity index is 1410. The first-order valence-corrected chi connectivity index (χ1v) is 12.2. The molecular formula is C24H20F4N8OS. The molecule has 0 radical (unpaired) electrons. The zero-order valence-corrected chi connectivity index (χ0v) is 20.4. The van der Waals surface area contributed by atoms with Crippen molar-refractivity contribution < 1.29 is 22.3 Å². The molecule has 2 N–H and O–H groups in total. The van der Waals surface area contributed by atoms with E-state index in [4.69, 9.17) is 4.74 Å². The predicted octanol–water partition coefficient (Wildman–Crippen LogP) is 5.18. The van der Waals surface area contributed by atoms with Crippen LogP contribution in [0.25, 0.3) is 10.6 Å². The number of pyridine rings is 1. The van der Waals surface area contributed by atoms with Crippen molar-refractivity contribution in [2.24, 2.45) is 5.10 Å². The number of hydrazone groups is 1. The maximum atomic E-state index is 14.2. The Morgan fingerprint density at radius 1 is 1.03 bits per heavy atom. The van der Waals surface area contributed by atoms with Gasteiger partial charge < -0.3 is 15.0 Å². The summed E-state index contributed by atoms with van der Waals surface area (Å²) in [5, 5.41) is 9.18. The van der Waals surface area contributed by atoms with E-state index in [1.807, 2.05) is 0 Å². The monoisotopic (exact) mass is 544 g/mol. The topological polar surface area (TPSA) is 100 Å². The lowest BCUT2D eigenvalue weighted by Crippen LogP contribution is -2.37. The highest BCUT2D eigenvalue weighted by Gasteiger charge is 2.31. The molecule has 1 aliphatic rings. The van der Waals surface area contributed by atoms with E-state index in [1.54, 1.807) is 28.5 Å². The highest BCUT2D eigenvalue weighted by molar-refractivity contribution is 7.13. The van der Waals surface area contributed by atoms with Crippen LogP contribution in [0.15, 0.2) is 59.4 Å². The van der Waals surface area contributed by atoms with Gasteiger partial charge >= 0.3 is 6.18 Å². The van der Waals surface area contributed by atoms with E-state index < -0.39 is 17.6 Å². The van der Waals surface area contributed by atoms with E-state index >= 15 is 0 Å². The maximum absolute atomic E-state index is 14.2. The molecule has 196 valence electrons. The number of anilines is 4. The first-order chi connectivity index (χ1) is 18.3. The van der Waals surface area contributed by atoms with Crippen LogP contribution in [0.2, 0.25) is 0 Å². The number of benzene rings is 1. The summed E-state index contributed by atoms with van der Waals surface area (Å²) in [6, 6.07) is 6.99. The van der Waals surface area contributed by atoms with Gasteiger partial charge in [-0.1, -0.05) is 0 Å². The number of morpholine rings is 1. The molecule has 0 aliphatic carbocycles. The quantitative estimate of drug-likeness (QED) is 0.187. The lowest BCUT2D eigenvalue weighted by Gasteiger charge is -2.27. The summed E-state index contributed by atoms with van der Waals surface area (Å²) in [6.45, 7) is 2.02. The SMILES string of the molecule is Fc1cnc(N/N=C/c2ccc(Nc3cc(-c4nccs4)cc(C(F)(F)F)c3)cn2)nc1N1CCOCC1.